The second-order valence-corrected chi connectivity index (χ2v) is 3.05. The van der Waals surface area contributed by atoms with Gasteiger partial charge in [-0.2, -0.15) is 5.26 Å². The van der Waals surface area contributed by atoms with Crippen molar-refractivity contribution in [2.45, 2.75) is 39.2 Å². The monoisotopic (exact) mass is 177 g/mol. The summed E-state index contributed by atoms with van der Waals surface area (Å²) in [5.41, 5.74) is 0. The Hall–Kier alpha value is -1.30. The number of rotatable bonds is 5. The molecule has 0 saturated heterocycles. The number of nitriles is 1. The van der Waals surface area contributed by atoms with Crippen molar-refractivity contribution in [2.75, 3.05) is 0 Å². The van der Waals surface area contributed by atoms with Gasteiger partial charge in [0.05, 0.1) is 6.07 Å². The highest BCUT2D eigenvalue weighted by atomic mass is 15.1. The molecule has 0 amide bonds. The third kappa shape index (κ3) is 2.90. The zero-order valence-electron chi connectivity index (χ0n) is 8.03. The molecule has 1 heterocycles. The van der Waals surface area contributed by atoms with Crippen LogP contribution in [0.4, 0.5) is 0 Å². The molecule has 0 aliphatic heterocycles. The van der Waals surface area contributed by atoms with Gasteiger partial charge in [-0.25, -0.2) is 4.98 Å². The molecule has 0 fully saturated rings. The lowest BCUT2D eigenvalue weighted by atomic mass is 10.3. The van der Waals surface area contributed by atoms with E-state index in [1.807, 2.05) is 12.4 Å². The topological polar surface area (TPSA) is 41.6 Å². The van der Waals surface area contributed by atoms with Crippen LogP contribution in [0.15, 0.2) is 12.4 Å². The Morgan fingerprint density at radius 1 is 1.62 bits per heavy atom. The van der Waals surface area contributed by atoms with Crippen LogP contribution >= 0.6 is 0 Å². The van der Waals surface area contributed by atoms with Gasteiger partial charge in [-0.15, -0.1) is 0 Å². The molecule has 0 N–H and O–H groups in total. The first-order chi connectivity index (χ1) is 6.38. The Balaban J connectivity index is 2.46. The molecule has 1 aromatic heterocycles. The van der Waals surface area contributed by atoms with Crippen LogP contribution in [0.1, 0.15) is 32.0 Å². The largest absolute Gasteiger partial charge is 0.335 e. The Kier molecular flexibility index (Phi) is 4.04. The van der Waals surface area contributed by atoms with E-state index in [0.29, 0.717) is 6.42 Å². The highest BCUT2D eigenvalue weighted by Crippen LogP contribution is 2.03. The van der Waals surface area contributed by atoms with Crippen molar-refractivity contribution >= 4 is 0 Å². The van der Waals surface area contributed by atoms with Crippen molar-refractivity contribution in [3.63, 3.8) is 0 Å². The Bertz CT molecular complexity index is 283. The van der Waals surface area contributed by atoms with Crippen LogP contribution in [-0.4, -0.2) is 9.55 Å². The van der Waals surface area contributed by atoms with E-state index in [-0.39, 0.29) is 0 Å². The summed E-state index contributed by atoms with van der Waals surface area (Å²) in [6.45, 7) is 3.07. The van der Waals surface area contributed by atoms with Gasteiger partial charge in [0.2, 0.25) is 0 Å². The second-order valence-electron chi connectivity index (χ2n) is 3.05. The molecule has 0 radical (unpaired) electrons. The molecule has 0 aliphatic carbocycles. The highest BCUT2D eigenvalue weighted by molar-refractivity contribution is 4.92. The van der Waals surface area contributed by atoms with Crippen molar-refractivity contribution in [3.8, 4) is 6.07 Å². The maximum atomic E-state index is 8.39. The van der Waals surface area contributed by atoms with E-state index >= 15 is 0 Å². The van der Waals surface area contributed by atoms with Crippen LogP contribution in [0.25, 0.3) is 0 Å². The number of hydrogen-bond donors (Lipinski definition) is 0. The minimum Gasteiger partial charge on any atom is -0.335 e. The number of aryl methyl sites for hydroxylation is 2. The quantitative estimate of drug-likeness (QED) is 0.646. The van der Waals surface area contributed by atoms with E-state index in [0.717, 1.165) is 31.6 Å². The van der Waals surface area contributed by atoms with E-state index in [9.17, 15) is 0 Å². The molecule has 0 aromatic carbocycles. The molecular formula is C10H15N3. The van der Waals surface area contributed by atoms with Crippen molar-refractivity contribution in [1.29, 1.82) is 5.26 Å². The smallest absolute Gasteiger partial charge is 0.108 e. The van der Waals surface area contributed by atoms with Crippen molar-refractivity contribution in [1.82, 2.24) is 9.55 Å². The summed E-state index contributed by atoms with van der Waals surface area (Å²) in [6.07, 6.45) is 7.52. The molecule has 0 bridgehead atoms. The zero-order valence-corrected chi connectivity index (χ0v) is 8.03. The van der Waals surface area contributed by atoms with Crippen LogP contribution in [0, 0.1) is 11.3 Å². The van der Waals surface area contributed by atoms with Crippen LogP contribution < -0.4 is 0 Å². The SMILES string of the molecule is CCCc1nccn1CCCC#N. The lowest BCUT2D eigenvalue weighted by Crippen LogP contribution is -2.02. The molecule has 1 rings (SSSR count). The maximum absolute atomic E-state index is 8.39. The average molecular weight is 177 g/mol. The van der Waals surface area contributed by atoms with E-state index in [1.54, 1.807) is 0 Å². The van der Waals surface area contributed by atoms with E-state index in [4.69, 9.17) is 5.26 Å². The van der Waals surface area contributed by atoms with E-state index in [2.05, 4.69) is 22.5 Å². The normalized spacial score (nSPS) is 9.85. The fourth-order valence-corrected chi connectivity index (χ4v) is 1.32. The summed E-state index contributed by atoms with van der Waals surface area (Å²) in [5, 5.41) is 8.39. The molecule has 1 aromatic rings. The van der Waals surface area contributed by atoms with Crippen LogP contribution in [0.5, 0.6) is 0 Å². The minimum absolute atomic E-state index is 0.629. The average Bonchev–Trinajstić information content (AvgIpc) is 2.54. The first-order valence-electron chi connectivity index (χ1n) is 4.75. The molecular weight excluding hydrogens is 162 g/mol. The fourth-order valence-electron chi connectivity index (χ4n) is 1.32. The first-order valence-corrected chi connectivity index (χ1v) is 4.75. The Morgan fingerprint density at radius 2 is 2.46 bits per heavy atom. The minimum atomic E-state index is 0.629. The third-order valence-electron chi connectivity index (χ3n) is 1.96. The predicted molar refractivity (Wildman–Crippen MR) is 51.1 cm³/mol. The molecule has 3 heteroatoms. The van der Waals surface area contributed by atoms with Crippen LogP contribution in [-0.2, 0) is 13.0 Å². The molecule has 3 nitrogen and oxygen atoms in total. The Morgan fingerprint density at radius 3 is 3.15 bits per heavy atom. The molecule has 0 aliphatic rings. The summed E-state index contributed by atoms with van der Waals surface area (Å²) < 4.78 is 2.14. The lowest BCUT2D eigenvalue weighted by molar-refractivity contribution is 0.613. The van der Waals surface area contributed by atoms with Gasteiger partial charge in [0.1, 0.15) is 5.82 Å². The summed E-state index contributed by atoms with van der Waals surface area (Å²) in [7, 11) is 0. The lowest BCUT2D eigenvalue weighted by Gasteiger charge is -2.04. The van der Waals surface area contributed by atoms with Gasteiger partial charge in [0.15, 0.2) is 0 Å². The Labute approximate surface area is 79.0 Å². The predicted octanol–water partition coefficient (Wildman–Crippen LogP) is 2.14. The van der Waals surface area contributed by atoms with E-state index < -0.39 is 0 Å². The third-order valence-corrected chi connectivity index (χ3v) is 1.96. The van der Waals surface area contributed by atoms with Gasteiger partial charge in [-0.1, -0.05) is 6.92 Å². The molecule has 0 saturated carbocycles. The van der Waals surface area contributed by atoms with Crippen molar-refractivity contribution in [3.05, 3.63) is 18.2 Å². The number of nitrogens with zero attached hydrogens (tertiary/aromatic N) is 3. The summed E-state index contributed by atoms with van der Waals surface area (Å²) >= 11 is 0. The van der Waals surface area contributed by atoms with Gasteiger partial charge < -0.3 is 4.57 Å². The van der Waals surface area contributed by atoms with Gasteiger partial charge in [0, 0.05) is 31.8 Å². The van der Waals surface area contributed by atoms with Crippen molar-refractivity contribution in [2.24, 2.45) is 0 Å². The van der Waals surface area contributed by atoms with Gasteiger partial charge in [-0.3, -0.25) is 0 Å². The molecule has 0 atom stereocenters. The zero-order chi connectivity index (χ0) is 9.52. The van der Waals surface area contributed by atoms with Gasteiger partial charge in [-0.05, 0) is 12.8 Å². The maximum Gasteiger partial charge on any atom is 0.108 e. The van der Waals surface area contributed by atoms with E-state index in [1.165, 1.54) is 0 Å². The number of imidazole rings is 1. The standard InChI is InChI=1S/C10H15N3/c1-2-5-10-12-7-9-13(10)8-4-3-6-11/h7,9H,2-5,8H2,1H3. The van der Waals surface area contributed by atoms with Gasteiger partial charge in [0.25, 0.3) is 0 Å². The molecule has 70 valence electrons. The molecule has 13 heavy (non-hydrogen) atoms. The summed E-state index contributed by atoms with van der Waals surface area (Å²) in [4.78, 5) is 4.26. The second kappa shape index (κ2) is 5.36. The number of unbranched alkanes of at least 4 members (excludes halogenated alkanes) is 1. The van der Waals surface area contributed by atoms with Gasteiger partial charge >= 0.3 is 0 Å². The number of hydrogen-bond acceptors (Lipinski definition) is 2. The highest BCUT2D eigenvalue weighted by Gasteiger charge is 1.99. The molecule has 0 spiro atoms. The fraction of sp³-hybridized carbons (Fsp3) is 0.600. The van der Waals surface area contributed by atoms with Crippen LogP contribution in [0.2, 0.25) is 0 Å². The first kappa shape index (κ1) is 9.79. The van der Waals surface area contributed by atoms with Crippen molar-refractivity contribution < 1.29 is 0 Å². The summed E-state index contributed by atoms with van der Waals surface area (Å²) in [6, 6.07) is 2.15. The summed E-state index contributed by atoms with van der Waals surface area (Å²) in [5.74, 6) is 1.14. The number of aromatic nitrogens is 2. The van der Waals surface area contributed by atoms with Crippen LogP contribution in [0.3, 0.4) is 0 Å². The molecule has 0 unspecified atom stereocenters.